The summed E-state index contributed by atoms with van der Waals surface area (Å²) < 4.78 is 8.69. The SMILES string of the molecule is C=C(Cn1cc(CNc2cc(N3CCCCC3)nc3c(CC)cnn23)ccc1=O)C(=O)OC(C)(C)C. The molecule has 0 bridgehead atoms. The van der Waals surface area contributed by atoms with Gasteiger partial charge < -0.3 is 19.5 Å². The molecule has 1 saturated heterocycles. The Balaban J connectivity index is 1.54. The maximum atomic E-state index is 12.4. The number of hydrogen-bond donors (Lipinski definition) is 1. The Morgan fingerprint density at radius 3 is 2.64 bits per heavy atom. The van der Waals surface area contributed by atoms with Gasteiger partial charge in [-0.2, -0.15) is 9.61 Å². The van der Waals surface area contributed by atoms with Crippen LogP contribution < -0.4 is 15.8 Å². The van der Waals surface area contributed by atoms with E-state index in [2.05, 4.69) is 28.8 Å². The van der Waals surface area contributed by atoms with Gasteiger partial charge in [0.1, 0.15) is 17.2 Å². The number of anilines is 2. The van der Waals surface area contributed by atoms with Crippen molar-refractivity contribution in [3.05, 3.63) is 64.2 Å². The molecular formula is C27H36N6O3. The Hall–Kier alpha value is -3.62. The highest BCUT2D eigenvalue weighted by Gasteiger charge is 2.20. The minimum atomic E-state index is -0.621. The van der Waals surface area contributed by atoms with Gasteiger partial charge in [0.2, 0.25) is 0 Å². The zero-order valence-corrected chi connectivity index (χ0v) is 21.7. The summed E-state index contributed by atoms with van der Waals surface area (Å²) >= 11 is 0. The summed E-state index contributed by atoms with van der Waals surface area (Å²) in [5.74, 6) is 1.29. The Morgan fingerprint density at radius 2 is 1.94 bits per heavy atom. The molecule has 4 rings (SSSR count). The minimum absolute atomic E-state index is 0.0687. The first-order valence-corrected chi connectivity index (χ1v) is 12.6. The normalized spacial score (nSPS) is 14.2. The maximum absolute atomic E-state index is 12.4. The standard InChI is InChI=1S/C27H36N6O3/c1-6-21-16-29-33-22(14-23(30-25(21)33)31-12-8-7-9-13-31)28-15-20-10-11-24(34)32(18-20)17-19(2)26(35)36-27(3,4)5/h10-11,14,16,18,28H,2,6-9,12-13,15,17H2,1,3-5H3. The molecule has 0 aliphatic carbocycles. The van der Waals surface area contributed by atoms with Crippen molar-refractivity contribution in [1.29, 1.82) is 0 Å². The summed E-state index contributed by atoms with van der Waals surface area (Å²) in [7, 11) is 0. The third-order valence-corrected chi connectivity index (χ3v) is 6.16. The molecule has 4 heterocycles. The van der Waals surface area contributed by atoms with Crippen LogP contribution in [0.1, 0.15) is 58.1 Å². The molecule has 0 unspecified atom stereocenters. The van der Waals surface area contributed by atoms with Gasteiger partial charge in [-0.05, 0) is 52.0 Å². The molecule has 0 radical (unpaired) electrons. The molecule has 9 nitrogen and oxygen atoms in total. The van der Waals surface area contributed by atoms with Crippen molar-refractivity contribution in [2.75, 3.05) is 23.3 Å². The lowest BCUT2D eigenvalue weighted by Gasteiger charge is -2.28. The van der Waals surface area contributed by atoms with Gasteiger partial charge in [-0.3, -0.25) is 4.79 Å². The number of hydrogen-bond acceptors (Lipinski definition) is 7. The van der Waals surface area contributed by atoms with Crippen molar-refractivity contribution in [2.24, 2.45) is 0 Å². The number of esters is 1. The molecule has 192 valence electrons. The van der Waals surface area contributed by atoms with Crippen molar-refractivity contribution < 1.29 is 9.53 Å². The molecule has 3 aromatic heterocycles. The quantitative estimate of drug-likeness (QED) is 0.376. The van der Waals surface area contributed by atoms with Gasteiger partial charge in [0.25, 0.3) is 5.56 Å². The van der Waals surface area contributed by atoms with Crippen LogP contribution in [0.25, 0.3) is 5.65 Å². The fourth-order valence-electron chi connectivity index (χ4n) is 4.28. The lowest BCUT2D eigenvalue weighted by molar-refractivity contribution is -0.150. The molecule has 1 fully saturated rings. The molecule has 1 aliphatic rings. The molecule has 36 heavy (non-hydrogen) atoms. The van der Waals surface area contributed by atoms with E-state index in [-0.39, 0.29) is 17.7 Å². The van der Waals surface area contributed by atoms with Gasteiger partial charge in [0.05, 0.1) is 12.7 Å². The van der Waals surface area contributed by atoms with E-state index in [4.69, 9.17) is 9.72 Å². The number of carbonyl (C=O) groups excluding carboxylic acids is 1. The Morgan fingerprint density at radius 1 is 1.19 bits per heavy atom. The van der Waals surface area contributed by atoms with E-state index in [0.29, 0.717) is 6.54 Å². The Labute approximate surface area is 211 Å². The van der Waals surface area contributed by atoms with Gasteiger partial charge in [-0.25, -0.2) is 9.78 Å². The summed E-state index contributed by atoms with van der Waals surface area (Å²) in [4.78, 5) is 32.0. The zero-order valence-electron chi connectivity index (χ0n) is 21.7. The number of nitrogens with zero attached hydrogens (tertiary/aromatic N) is 5. The summed E-state index contributed by atoms with van der Waals surface area (Å²) in [5, 5.41) is 8.04. The average molecular weight is 493 g/mol. The van der Waals surface area contributed by atoms with Crippen molar-refractivity contribution in [1.82, 2.24) is 19.2 Å². The number of piperidine rings is 1. The van der Waals surface area contributed by atoms with Gasteiger partial charge in [0, 0.05) is 49.1 Å². The number of nitrogens with one attached hydrogen (secondary N) is 1. The molecule has 0 atom stereocenters. The van der Waals surface area contributed by atoms with Gasteiger partial charge >= 0.3 is 5.97 Å². The van der Waals surface area contributed by atoms with Crippen LogP contribution >= 0.6 is 0 Å². The van der Waals surface area contributed by atoms with Crippen LogP contribution in [0.2, 0.25) is 0 Å². The molecule has 0 aromatic carbocycles. The monoisotopic (exact) mass is 492 g/mol. The minimum Gasteiger partial charge on any atom is -0.457 e. The van der Waals surface area contributed by atoms with E-state index in [1.54, 1.807) is 33.0 Å². The fraction of sp³-hybridized carbons (Fsp3) is 0.481. The van der Waals surface area contributed by atoms with Crippen LogP contribution in [0.3, 0.4) is 0 Å². The molecule has 0 spiro atoms. The van der Waals surface area contributed by atoms with Crippen LogP contribution in [-0.2, 0) is 29.0 Å². The van der Waals surface area contributed by atoms with E-state index in [1.165, 1.54) is 29.9 Å². The third-order valence-electron chi connectivity index (χ3n) is 6.16. The van der Waals surface area contributed by atoms with E-state index in [1.807, 2.05) is 16.8 Å². The number of rotatable bonds is 8. The number of pyridine rings is 1. The molecule has 9 heteroatoms. The van der Waals surface area contributed by atoms with Crippen molar-refractivity contribution >= 4 is 23.3 Å². The lowest BCUT2D eigenvalue weighted by atomic mass is 10.1. The third kappa shape index (κ3) is 5.95. The smallest absolute Gasteiger partial charge is 0.335 e. The van der Waals surface area contributed by atoms with Gasteiger partial charge in [0.15, 0.2) is 5.65 Å². The van der Waals surface area contributed by atoms with E-state index >= 15 is 0 Å². The highest BCUT2D eigenvalue weighted by atomic mass is 16.6. The summed E-state index contributed by atoms with van der Waals surface area (Å²) in [6, 6.07) is 5.33. The Kier molecular flexibility index (Phi) is 7.47. The van der Waals surface area contributed by atoms with Crippen LogP contribution in [0.15, 0.2) is 47.5 Å². The van der Waals surface area contributed by atoms with E-state index in [0.717, 1.165) is 47.9 Å². The number of aromatic nitrogens is 4. The van der Waals surface area contributed by atoms with Crippen LogP contribution in [0.5, 0.6) is 0 Å². The zero-order chi connectivity index (χ0) is 25.9. The Bertz CT molecular complexity index is 1310. The van der Waals surface area contributed by atoms with E-state index in [9.17, 15) is 9.59 Å². The van der Waals surface area contributed by atoms with Crippen LogP contribution in [-0.4, -0.2) is 43.8 Å². The summed E-state index contributed by atoms with van der Waals surface area (Å²) in [5.41, 5.74) is 2.25. The van der Waals surface area contributed by atoms with Crippen LogP contribution in [0.4, 0.5) is 11.6 Å². The van der Waals surface area contributed by atoms with Gasteiger partial charge in [-0.15, -0.1) is 0 Å². The molecule has 1 N–H and O–H groups in total. The largest absolute Gasteiger partial charge is 0.457 e. The van der Waals surface area contributed by atoms with Crippen molar-refractivity contribution in [3.63, 3.8) is 0 Å². The number of ether oxygens (including phenoxy) is 1. The second-order valence-electron chi connectivity index (χ2n) is 10.3. The highest BCUT2D eigenvalue weighted by Crippen LogP contribution is 2.25. The topological polar surface area (TPSA) is 93.8 Å². The second-order valence-corrected chi connectivity index (χ2v) is 10.3. The number of aryl methyl sites for hydroxylation is 1. The highest BCUT2D eigenvalue weighted by molar-refractivity contribution is 5.87. The first kappa shape index (κ1) is 25.5. The first-order chi connectivity index (χ1) is 17.1. The molecule has 0 amide bonds. The molecule has 3 aromatic rings. The van der Waals surface area contributed by atoms with Crippen molar-refractivity contribution in [2.45, 2.75) is 72.1 Å². The first-order valence-electron chi connectivity index (χ1n) is 12.6. The average Bonchev–Trinajstić information content (AvgIpc) is 3.27. The lowest BCUT2D eigenvalue weighted by Crippen LogP contribution is -2.30. The number of carbonyl (C=O) groups is 1. The number of fused-ring (bicyclic) bond motifs is 1. The maximum Gasteiger partial charge on any atom is 0.335 e. The van der Waals surface area contributed by atoms with Crippen LogP contribution in [0, 0.1) is 0 Å². The predicted molar refractivity (Wildman–Crippen MR) is 141 cm³/mol. The predicted octanol–water partition coefficient (Wildman–Crippen LogP) is 3.95. The van der Waals surface area contributed by atoms with Gasteiger partial charge in [-0.1, -0.05) is 19.6 Å². The molecule has 0 saturated carbocycles. The van der Waals surface area contributed by atoms with Crippen molar-refractivity contribution in [3.8, 4) is 0 Å². The molecule has 1 aliphatic heterocycles. The second kappa shape index (κ2) is 10.6. The molecular weight excluding hydrogens is 456 g/mol. The van der Waals surface area contributed by atoms with E-state index < -0.39 is 11.6 Å². The summed E-state index contributed by atoms with van der Waals surface area (Å²) in [6.07, 6.45) is 8.07. The summed E-state index contributed by atoms with van der Waals surface area (Å²) in [6.45, 7) is 13.9. The fourth-order valence-corrected chi connectivity index (χ4v) is 4.28.